The zero-order valence-electron chi connectivity index (χ0n) is 16.9. The predicted molar refractivity (Wildman–Crippen MR) is 114 cm³/mol. The van der Waals surface area contributed by atoms with Crippen LogP contribution in [0.3, 0.4) is 0 Å². The number of amides is 1. The molecule has 0 saturated carbocycles. The molecule has 1 aliphatic heterocycles. The van der Waals surface area contributed by atoms with Crippen LogP contribution in [0.2, 0.25) is 0 Å². The minimum atomic E-state index is -0.0134. The molecule has 8 nitrogen and oxygen atoms in total. The molecule has 0 aliphatic carbocycles. The van der Waals surface area contributed by atoms with E-state index in [1.165, 1.54) is 0 Å². The van der Waals surface area contributed by atoms with Crippen molar-refractivity contribution >= 4 is 29.0 Å². The van der Waals surface area contributed by atoms with Crippen LogP contribution in [0.25, 0.3) is 0 Å². The lowest BCUT2D eigenvalue weighted by molar-refractivity contribution is -0.119. The lowest BCUT2D eigenvalue weighted by Crippen LogP contribution is -2.35. The molecule has 1 aromatic heterocycles. The van der Waals surface area contributed by atoms with Crippen LogP contribution in [0.1, 0.15) is 44.4 Å². The van der Waals surface area contributed by atoms with Crippen molar-refractivity contribution in [3.05, 3.63) is 35.5 Å². The Kier molecular flexibility index (Phi) is 6.50. The fourth-order valence-electron chi connectivity index (χ4n) is 3.48. The van der Waals surface area contributed by atoms with Gasteiger partial charge in [-0.2, -0.15) is 10.2 Å². The second-order valence-electron chi connectivity index (χ2n) is 7.36. The van der Waals surface area contributed by atoms with Crippen LogP contribution < -0.4 is 21.3 Å². The van der Waals surface area contributed by atoms with Crippen LogP contribution in [0.15, 0.2) is 24.3 Å². The van der Waals surface area contributed by atoms with Crippen molar-refractivity contribution < 1.29 is 4.79 Å². The number of hydrogen-bond donors (Lipinski definition) is 3. The number of unbranched alkanes of at least 4 members (excludes halogenated alkanes) is 1. The summed E-state index contributed by atoms with van der Waals surface area (Å²) in [5, 5.41) is 15.3. The standard InChI is InChI=1S/C21H27N7O/c1-3-4-5-17-11-20(28-7-6-18(13-28)24-14(2)29)27-21(25-17)26-19-9-15(12-22)8-16(23)10-19/h8-11,18H,3-7,13,23H2,1-2H3,(H,24,29)(H,25,26,27). The van der Waals surface area contributed by atoms with Gasteiger partial charge in [-0.25, -0.2) is 4.98 Å². The monoisotopic (exact) mass is 393 g/mol. The minimum Gasteiger partial charge on any atom is -0.399 e. The number of nitrogens with two attached hydrogens (primary N) is 1. The number of anilines is 4. The van der Waals surface area contributed by atoms with Gasteiger partial charge in [0.05, 0.1) is 11.6 Å². The third-order valence-corrected chi connectivity index (χ3v) is 4.81. The molecular weight excluding hydrogens is 366 g/mol. The molecule has 152 valence electrons. The van der Waals surface area contributed by atoms with E-state index in [1.807, 2.05) is 6.07 Å². The number of aryl methyl sites for hydroxylation is 1. The van der Waals surface area contributed by atoms with Crippen LogP contribution in [0, 0.1) is 11.3 Å². The number of carbonyl (C=O) groups is 1. The molecule has 2 aromatic rings. The first-order valence-electron chi connectivity index (χ1n) is 9.94. The quantitative estimate of drug-likeness (QED) is 0.619. The topological polar surface area (TPSA) is 120 Å². The molecule has 1 aromatic carbocycles. The molecule has 0 radical (unpaired) electrons. The molecule has 1 amide bonds. The van der Waals surface area contributed by atoms with Gasteiger partial charge in [0, 0.05) is 49.2 Å². The van der Waals surface area contributed by atoms with Gasteiger partial charge in [-0.1, -0.05) is 13.3 Å². The van der Waals surface area contributed by atoms with Crippen LogP contribution in [0.5, 0.6) is 0 Å². The maximum Gasteiger partial charge on any atom is 0.229 e. The third kappa shape index (κ3) is 5.57. The fraction of sp³-hybridized carbons (Fsp3) is 0.429. The summed E-state index contributed by atoms with van der Waals surface area (Å²) in [6.45, 7) is 5.24. The summed E-state index contributed by atoms with van der Waals surface area (Å²) in [5.74, 6) is 1.30. The zero-order chi connectivity index (χ0) is 20.8. The van der Waals surface area contributed by atoms with Gasteiger partial charge in [0.1, 0.15) is 5.82 Å². The van der Waals surface area contributed by atoms with Crippen molar-refractivity contribution in [1.29, 1.82) is 5.26 Å². The van der Waals surface area contributed by atoms with Crippen molar-refractivity contribution in [1.82, 2.24) is 15.3 Å². The van der Waals surface area contributed by atoms with E-state index >= 15 is 0 Å². The Hall–Kier alpha value is -3.34. The van der Waals surface area contributed by atoms with Gasteiger partial charge in [-0.15, -0.1) is 0 Å². The van der Waals surface area contributed by atoms with E-state index < -0.39 is 0 Å². The highest BCUT2D eigenvalue weighted by Crippen LogP contribution is 2.24. The highest BCUT2D eigenvalue weighted by atomic mass is 16.1. The molecule has 1 saturated heterocycles. The largest absolute Gasteiger partial charge is 0.399 e. The second-order valence-corrected chi connectivity index (χ2v) is 7.36. The van der Waals surface area contributed by atoms with Crippen LogP contribution in [-0.2, 0) is 11.2 Å². The number of nitrogens with one attached hydrogen (secondary N) is 2. The molecule has 2 heterocycles. The normalized spacial score (nSPS) is 15.8. The first-order chi connectivity index (χ1) is 14.0. The Morgan fingerprint density at radius 3 is 2.90 bits per heavy atom. The average Bonchev–Trinajstić information content (AvgIpc) is 3.13. The Bertz CT molecular complexity index is 922. The number of nitrogen functional groups attached to an aromatic ring is 1. The summed E-state index contributed by atoms with van der Waals surface area (Å²) in [7, 11) is 0. The number of carbonyl (C=O) groups excluding carboxylic acids is 1. The summed E-state index contributed by atoms with van der Waals surface area (Å²) in [4.78, 5) is 22.9. The van der Waals surface area contributed by atoms with Crippen molar-refractivity contribution in [2.24, 2.45) is 0 Å². The van der Waals surface area contributed by atoms with E-state index in [-0.39, 0.29) is 11.9 Å². The smallest absolute Gasteiger partial charge is 0.229 e. The van der Waals surface area contributed by atoms with E-state index in [2.05, 4.69) is 38.5 Å². The minimum absolute atomic E-state index is 0.0134. The molecule has 0 bridgehead atoms. The van der Waals surface area contributed by atoms with Gasteiger partial charge >= 0.3 is 0 Å². The summed E-state index contributed by atoms with van der Waals surface area (Å²) in [6.07, 6.45) is 3.87. The summed E-state index contributed by atoms with van der Waals surface area (Å²) in [5.41, 5.74) is 8.52. The van der Waals surface area contributed by atoms with E-state index in [0.29, 0.717) is 22.9 Å². The zero-order valence-corrected chi connectivity index (χ0v) is 16.9. The Labute approximate surface area is 171 Å². The van der Waals surface area contributed by atoms with Crippen molar-refractivity contribution in [2.75, 3.05) is 29.0 Å². The SMILES string of the molecule is CCCCc1cc(N2CCC(NC(C)=O)C2)nc(Nc2cc(N)cc(C#N)c2)n1. The van der Waals surface area contributed by atoms with Gasteiger partial charge in [-0.3, -0.25) is 4.79 Å². The van der Waals surface area contributed by atoms with Gasteiger partial charge in [-0.05, 0) is 37.5 Å². The highest BCUT2D eigenvalue weighted by Gasteiger charge is 2.24. The van der Waals surface area contributed by atoms with E-state index in [0.717, 1.165) is 50.3 Å². The van der Waals surface area contributed by atoms with Gasteiger partial charge in [0.15, 0.2) is 0 Å². The second kappa shape index (κ2) is 9.24. The molecule has 0 spiro atoms. The molecule has 1 aliphatic rings. The third-order valence-electron chi connectivity index (χ3n) is 4.81. The highest BCUT2D eigenvalue weighted by molar-refractivity contribution is 5.73. The van der Waals surface area contributed by atoms with Gasteiger partial charge in [0.25, 0.3) is 0 Å². The van der Waals surface area contributed by atoms with E-state index in [4.69, 9.17) is 11.0 Å². The Balaban J connectivity index is 1.85. The lowest BCUT2D eigenvalue weighted by atomic mass is 10.2. The van der Waals surface area contributed by atoms with Crippen LogP contribution >= 0.6 is 0 Å². The maximum atomic E-state index is 11.4. The Morgan fingerprint density at radius 1 is 1.34 bits per heavy atom. The van der Waals surface area contributed by atoms with Crippen molar-refractivity contribution in [2.45, 2.75) is 45.6 Å². The molecular formula is C21H27N7O. The average molecular weight is 393 g/mol. The number of nitrogens with zero attached hydrogens (tertiary/aromatic N) is 4. The number of aromatic nitrogens is 2. The molecule has 29 heavy (non-hydrogen) atoms. The Morgan fingerprint density at radius 2 is 2.17 bits per heavy atom. The first-order valence-corrected chi connectivity index (χ1v) is 9.94. The first kappa shape index (κ1) is 20.4. The molecule has 4 N–H and O–H groups in total. The van der Waals surface area contributed by atoms with Crippen LogP contribution in [-0.4, -0.2) is 35.0 Å². The molecule has 1 atom stereocenters. The van der Waals surface area contributed by atoms with Crippen LogP contribution in [0.4, 0.5) is 23.1 Å². The molecule has 8 heteroatoms. The van der Waals surface area contributed by atoms with Crippen molar-refractivity contribution in [3.8, 4) is 6.07 Å². The number of hydrogen-bond acceptors (Lipinski definition) is 7. The summed E-state index contributed by atoms with van der Waals surface area (Å²) < 4.78 is 0. The molecule has 3 rings (SSSR count). The lowest BCUT2D eigenvalue weighted by Gasteiger charge is -2.19. The molecule has 1 fully saturated rings. The summed E-state index contributed by atoms with van der Waals surface area (Å²) in [6, 6.07) is 9.37. The molecule has 1 unspecified atom stereocenters. The maximum absolute atomic E-state index is 11.4. The van der Waals surface area contributed by atoms with E-state index in [1.54, 1.807) is 25.1 Å². The van der Waals surface area contributed by atoms with Gasteiger partial charge < -0.3 is 21.3 Å². The number of benzene rings is 1. The number of nitriles is 1. The van der Waals surface area contributed by atoms with Crippen molar-refractivity contribution in [3.63, 3.8) is 0 Å². The summed E-state index contributed by atoms with van der Waals surface area (Å²) >= 11 is 0. The number of rotatable bonds is 7. The van der Waals surface area contributed by atoms with Gasteiger partial charge in [0.2, 0.25) is 11.9 Å². The predicted octanol–water partition coefficient (Wildman–Crippen LogP) is 2.73. The fourth-order valence-corrected chi connectivity index (χ4v) is 3.48. The van der Waals surface area contributed by atoms with E-state index in [9.17, 15) is 4.79 Å².